The van der Waals surface area contributed by atoms with Crippen LogP contribution in [0.25, 0.3) is 0 Å². The molecule has 1 aromatic heterocycles. The number of hydrogen-bond acceptors (Lipinski definition) is 3. The molecule has 2 aromatic rings. The fraction of sp³-hybridized carbons (Fsp3) is 0.188. The number of carbonyl (C=O) groups excluding carboxylic acids is 1. The molecule has 0 aliphatic heterocycles. The second kappa shape index (κ2) is 6.10. The number of aryl methyl sites for hydroxylation is 2. The van der Waals surface area contributed by atoms with Gasteiger partial charge in [0.2, 0.25) is 0 Å². The number of nitrogens with one attached hydrogen (secondary N) is 1. The van der Waals surface area contributed by atoms with Gasteiger partial charge in [0.15, 0.2) is 0 Å². The summed E-state index contributed by atoms with van der Waals surface area (Å²) in [5.41, 5.74) is 7.01. The summed E-state index contributed by atoms with van der Waals surface area (Å²) in [6.45, 7) is 5.95. The molecule has 102 valence electrons. The van der Waals surface area contributed by atoms with Crippen LogP contribution < -0.4 is 5.43 Å². The summed E-state index contributed by atoms with van der Waals surface area (Å²) in [6.07, 6.45) is 1.58. The standard InChI is InChI=1S/C16H17N3O/c1-11-7-8-14(12(2)10-11)13(3)18-19-16(20)15-6-4-5-9-17-15/h4-10H,1-3H3,(H,19,20). The fourth-order valence-corrected chi connectivity index (χ4v) is 1.97. The molecule has 1 heterocycles. The van der Waals surface area contributed by atoms with E-state index in [-0.39, 0.29) is 5.91 Å². The van der Waals surface area contributed by atoms with Gasteiger partial charge in [-0.05, 0) is 38.5 Å². The van der Waals surface area contributed by atoms with Crippen molar-refractivity contribution < 1.29 is 4.79 Å². The van der Waals surface area contributed by atoms with E-state index in [1.165, 1.54) is 5.56 Å². The first kappa shape index (κ1) is 13.9. The smallest absolute Gasteiger partial charge is 0.266 e. The highest BCUT2D eigenvalue weighted by molar-refractivity contribution is 6.01. The van der Waals surface area contributed by atoms with Gasteiger partial charge in [-0.1, -0.05) is 29.8 Å². The van der Waals surface area contributed by atoms with E-state index in [9.17, 15) is 4.79 Å². The zero-order valence-electron chi connectivity index (χ0n) is 11.8. The molecule has 0 spiro atoms. The monoisotopic (exact) mass is 267 g/mol. The number of nitrogens with zero attached hydrogens (tertiary/aromatic N) is 2. The van der Waals surface area contributed by atoms with Crippen molar-refractivity contribution in [2.45, 2.75) is 20.8 Å². The van der Waals surface area contributed by atoms with E-state index < -0.39 is 0 Å². The average Bonchev–Trinajstić information content (AvgIpc) is 2.45. The van der Waals surface area contributed by atoms with Crippen molar-refractivity contribution in [1.82, 2.24) is 10.4 Å². The van der Waals surface area contributed by atoms with Crippen molar-refractivity contribution in [3.63, 3.8) is 0 Å². The third-order valence-corrected chi connectivity index (χ3v) is 2.99. The third kappa shape index (κ3) is 3.29. The Morgan fingerprint density at radius 2 is 2.00 bits per heavy atom. The van der Waals surface area contributed by atoms with Crippen LogP contribution >= 0.6 is 0 Å². The number of benzene rings is 1. The van der Waals surface area contributed by atoms with Crippen LogP contribution in [-0.2, 0) is 0 Å². The highest BCUT2D eigenvalue weighted by Gasteiger charge is 2.06. The summed E-state index contributed by atoms with van der Waals surface area (Å²) >= 11 is 0. The molecule has 4 nitrogen and oxygen atoms in total. The van der Waals surface area contributed by atoms with E-state index in [1.54, 1.807) is 24.4 Å². The Labute approximate surface area is 118 Å². The molecule has 0 bridgehead atoms. The highest BCUT2D eigenvalue weighted by Crippen LogP contribution is 2.11. The second-order valence-electron chi connectivity index (χ2n) is 4.67. The Kier molecular flexibility index (Phi) is 4.25. The van der Waals surface area contributed by atoms with Crippen LogP contribution in [0.15, 0.2) is 47.7 Å². The maximum atomic E-state index is 11.8. The van der Waals surface area contributed by atoms with Crippen molar-refractivity contribution in [2.75, 3.05) is 0 Å². The molecular formula is C16H17N3O. The predicted molar refractivity (Wildman–Crippen MR) is 79.8 cm³/mol. The average molecular weight is 267 g/mol. The number of hydrogen-bond donors (Lipinski definition) is 1. The fourth-order valence-electron chi connectivity index (χ4n) is 1.97. The first-order valence-corrected chi connectivity index (χ1v) is 6.41. The van der Waals surface area contributed by atoms with E-state index in [0.29, 0.717) is 5.69 Å². The molecule has 0 aliphatic rings. The quantitative estimate of drug-likeness (QED) is 0.686. The van der Waals surface area contributed by atoms with Crippen molar-refractivity contribution in [2.24, 2.45) is 5.10 Å². The molecule has 0 saturated carbocycles. The molecule has 0 atom stereocenters. The van der Waals surface area contributed by atoms with E-state index in [2.05, 4.69) is 21.6 Å². The molecule has 20 heavy (non-hydrogen) atoms. The minimum absolute atomic E-state index is 0.310. The Balaban J connectivity index is 2.13. The SMILES string of the molecule is CC(=NNC(=O)c1ccccn1)c1ccc(C)cc1C. The maximum absolute atomic E-state index is 11.8. The summed E-state index contributed by atoms with van der Waals surface area (Å²) in [6, 6.07) is 11.3. The Morgan fingerprint density at radius 3 is 2.65 bits per heavy atom. The van der Waals surface area contributed by atoms with Gasteiger partial charge in [-0.25, -0.2) is 5.43 Å². The molecule has 0 radical (unpaired) electrons. The van der Waals surface area contributed by atoms with Gasteiger partial charge in [0.1, 0.15) is 5.69 Å². The van der Waals surface area contributed by atoms with Crippen LogP contribution in [0.4, 0.5) is 0 Å². The summed E-state index contributed by atoms with van der Waals surface area (Å²) in [5, 5.41) is 4.14. The van der Waals surface area contributed by atoms with Crippen LogP contribution in [0.5, 0.6) is 0 Å². The number of hydrazone groups is 1. The molecule has 0 fully saturated rings. The lowest BCUT2D eigenvalue weighted by Gasteiger charge is -2.07. The Hall–Kier alpha value is -2.49. The van der Waals surface area contributed by atoms with Crippen molar-refractivity contribution >= 4 is 11.6 Å². The lowest BCUT2D eigenvalue weighted by Crippen LogP contribution is -2.20. The summed E-state index contributed by atoms with van der Waals surface area (Å²) in [7, 11) is 0. The van der Waals surface area contributed by atoms with Crippen LogP contribution in [0, 0.1) is 13.8 Å². The number of pyridine rings is 1. The predicted octanol–water partition coefficient (Wildman–Crippen LogP) is 2.85. The molecule has 1 amide bonds. The number of rotatable bonds is 3. The number of amides is 1. The van der Waals surface area contributed by atoms with Crippen molar-refractivity contribution in [3.8, 4) is 0 Å². The lowest BCUT2D eigenvalue weighted by atomic mass is 10.0. The van der Waals surface area contributed by atoms with Gasteiger partial charge >= 0.3 is 0 Å². The summed E-state index contributed by atoms with van der Waals surface area (Å²) < 4.78 is 0. The Bertz CT molecular complexity index is 648. The van der Waals surface area contributed by atoms with E-state index in [0.717, 1.165) is 16.8 Å². The minimum Gasteiger partial charge on any atom is -0.266 e. The summed E-state index contributed by atoms with van der Waals surface area (Å²) in [4.78, 5) is 15.8. The Morgan fingerprint density at radius 1 is 1.20 bits per heavy atom. The van der Waals surface area contributed by atoms with Gasteiger partial charge < -0.3 is 0 Å². The minimum atomic E-state index is -0.310. The van der Waals surface area contributed by atoms with Gasteiger partial charge in [0.05, 0.1) is 5.71 Å². The zero-order valence-corrected chi connectivity index (χ0v) is 11.8. The largest absolute Gasteiger partial charge is 0.289 e. The van der Waals surface area contributed by atoms with E-state index in [4.69, 9.17) is 0 Å². The molecular weight excluding hydrogens is 250 g/mol. The summed E-state index contributed by atoms with van der Waals surface area (Å²) in [5.74, 6) is -0.310. The highest BCUT2D eigenvalue weighted by atomic mass is 16.2. The lowest BCUT2D eigenvalue weighted by molar-refractivity contribution is 0.0950. The van der Waals surface area contributed by atoms with Crippen molar-refractivity contribution in [1.29, 1.82) is 0 Å². The van der Waals surface area contributed by atoms with Gasteiger partial charge in [-0.3, -0.25) is 9.78 Å². The third-order valence-electron chi connectivity index (χ3n) is 2.99. The molecule has 4 heteroatoms. The van der Waals surface area contributed by atoms with Crippen molar-refractivity contribution in [3.05, 3.63) is 65.0 Å². The topological polar surface area (TPSA) is 54.4 Å². The first-order chi connectivity index (χ1) is 9.58. The van der Waals surface area contributed by atoms with Crippen LogP contribution in [0.3, 0.4) is 0 Å². The van der Waals surface area contributed by atoms with E-state index >= 15 is 0 Å². The molecule has 1 N–H and O–H groups in total. The van der Waals surface area contributed by atoms with E-state index in [1.807, 2.05) is 32.9 Å². The van der Waals surface area contributed by atoms with Gasteiger partial charge in [-0.2, -0.15) is 5.10 Å². The molecule has 0 unspecified atom stereocenters. The maximum Gasteiger partial charge on any atom is 0.289 e. The van der Waals surface area contributed by atoms with Crippen LogP contribution in [-0.4, -0.2) is 16.6 Å². The van der Waals surface area contributed by atoms with Gasteiger partial charge in [-0.15, -0.1) is 0 Å². The molecule has 0 saturated heterocycles. The molecule has 0 aliphatic carbocycles. The zero-order chi connectivity index (χ0) is 14.5. The van der Waals surface area contributed by atoms with Gasteiger partial charge in [0.25, 0.3) is 5.91 Å². The molecule has 2 rings (SSSR count). The normalized spacial score (nSPS) is 11.2. The molecule has 1 aromatic carbocycles. The first-order valence-electron chi connectivity index (χ1n) is 6.41. The second-order valence-corrected chi connectivity index (χ2v) is 4.67. The van der Waals surface area contributed by atoms with Gasteiger partial charge in [0, 0.05) is 11.8 Å². The van der Waals surface area contributed by atoms with Crippen LogP contribution in [0.1, 0.15) is 34.1 Å². The van der Waals surface area contributed by atoms with Crippen LogP contribution in [0.2, 0.25) is 0 Å². The number of aromatic nitrogens is 1. The number of carbonyl (C=O) groups is 1.